The summed E-state index contributed by atoms with van der Waals surface area (Å²) in [6, 6.07) is 6.48. The first-order valence-corrected chi connectivity index (χ1v) is 7.13. The third kappa shape index (κ3) is 3.18. The Hall–Kier alpha value is -0.730. The third-order valence-corrected chi connectivity index (χ3v) is 4.28. The van der Waals surface area contributed by atoms with Crippen LogP contribution in [0.4, 0.5) is 0 Å². The van der Waals surface area contributed by atoms with E-state index in [-0.39, 0.29) is 0 Å². The van der Waals surface area contributed by atoms with Crippen molar-refractivity contribution in [3.63, 3.8) is 0 Å². The zero-order valence-corrected chi connectivity index (χ0v) is 12.0. The largest absolute Gasteiger partial charge is 0.495 e. The molecule has 0 amide bonds. The fraction of sp³-hybridized carbons (Fsp3) is 0.600. The van der Waals surface area contributed by atoms with Gasteiger partial charge in [0.2, 0.25) is 0 Å². The molecule has 0 saturated heterocycles. The molecule has 2 nitrogen and oxygen atoms in total. The molecule has 1 aliphatic carbocycles. The van der Waals surface area contributed by atoms with E-state index in [0.717, 1.165) is 11.7 Å². The first-order chi connectivity index (χ1) is 8.74. The minimum absolute atomic E-state index is 0.402. The smallest absolute Gasteiger partial charge is 0.137 e. The molecule has 1 atom stereocenters. The van der Waals surface area contributed by atoms with Gasteiger partial charge in [0, 0.05) is 6.04 Å². The van der Waals surface area contributed by atoms with Gasteiger partial charge in [-0.25, -0.2) is 0 Å². The van der Waals surface area contributed by atoms with Crippen molar-refractivity contribution in [1.82, 2.24) is 5.32 Å². The fourth-order valence-electron chi connectivity index (χ4n) is 2.89. The van der Waals surface area contributed by atoms with Gasteiger partial charge >= 0.3 is 0 Å². The molecule has 0 heterocycles. The first-order valence-electron chi connectivity index (χ1n) is 6.75. The zero-order chi connectivity index (χ0) is 13.0. The quantitative estimate of drug-likeness (QED) is 0.864. The number of ether oxygens (including phenoxy) is 1. The molecule has 0 bridgehead atoms. The van der Waals surface area contributed by atoms with Crippen LogP contribution < -0.4 is 10.1 Å². The van der Waals surface area contributed by atoms with E-state index >= 15 is 0 Å². The van der Waals surface area contributed by atoms with E-state index in [1.807, 2.05) is 13.1 Å². The molecule has 1 aliphatic rings. The van der Waals surface area contributed by atoms with Gasteiger partial charge in [0.05, 0.1) is 12.1 Å². The Morgan fingerprint density at radius 2 is 2.11 bits per heavy atom. The zero-order valence-electron chi connectivity index (χ0n) is 11.2. The second-order valence-electron chi connectivity index (χ2n) is 5.12. The Kier molecular flexibility index (Phi) is 4.90. The summed E-state index contributed by atoms with van der Waals surface area (Å²) >= 11 is 6.07. The van der Waals surface area contributed by atoms with Gasteiger partial charge in [0.15, 0.2) is 0 Å². The molecule has 100 valence electrons. The Morgan fingerprint density at radius 3 is 2.72 bits per heavy atom. The molecule has 1 N–H and O–H groups in total. The highest BCUT2D eigenvalue weighted by molar-refractivity contribution is 6.32. The van der Waals surface area contributed by atoms with Gasteiger partial charge in [-0.1, -0.05) is 43.4 Å². The standard InChI is InChI=1S/C15H22ClNO/c1-17-14(9-11-5-3-4-6-11)12-7-8-13(16)15(10-12)18-2/h7-8,10-11,14,17H,3-6,9H2,1-2H3. The summed E-state index contributed by atoms with van der Waals surface area (Å²) in [5.41, 5.74) is 1.27. The lowest BCUT2D eigenvalue weighted by Crippen LogP contribution is -2.19. The SMILES string of the molecule is CNC(CC1CCCC1)c1ccc(Cl)c(OC)c1. The van der Waals surface area contributed by atoms with Crippen molar-refractivity contribution in [3.05, 3.63) is 28.8 Å². The average molecular weight is 268 g/mol. The third-order valence-electron chi connectivity index (χ3n) is 3.97. The van der Waals surface area contributed by atoms with Gasteiger partial charge in [-0.05, 0) is 37.1 Å². The number of methoxy groups -OCH3 is 1. The molecule has 2 rings (SSSR count). The highest BCUT2D eigenvalue weighted by atomic mass is 35.5. The molecule has 1 aromatic carbocycles. The van der Waals surface area contributed by atoms with E-state index in [9.17, 15) is 0 Å². The first kappa shape index (κ1) is 13.7. The molecular weight excluding hydrogens is 246 g/mol. The second kappa shape index (κ2) is 6.44. The Labute approximate surface area is 115 Å². The number of rotatable bonds is 5. The van der Waals surface area contributed by atoms with Gasteiger partial charge in [-0.3, -0.25) is 0 Å². The van der Waals surface area contributed by atoms with Crippen molar-refractivity contribution in [2.24, 2.45) is 5.92 Å². The monoisotopic (exact) mass is 267 g/mol. The van der Waals surface area contributed by atoms with Gasteiger partial charge in [0.25, 0.3) is 0 Å². The normalized spacial score (nSPS) is 17.9. The molecule has 18 heavy (non-hydrogen) atoms. The van der Waals surface area contributed by atoms with Crippen LogP contribution in [0.2, 0.25) is 5.02 Å². The second-order valence-corrected chi connectivity index (χ2v) is 5.53. The summed E-state index contributed by atoms with van der Waals surface area (Å²) in [4.78, 5) is 0. The summed E-state index contributed by atoms with van der Waals surface area (Å²) < 4.78 is 5.29. The Balaban J connectivity index is 2.10. The van der Waals surface area contributed by atoms with Crippen molar-refractivity contribution in [2.45, 2.75) is 38.1 Å². The van der Waals surface area contributed by atoms with Gasteiger partial charge in [-0.15, -0.1) is 0 Å². The topological polar surface area (TPSA) is 21.3 Å². The van der Waals surface area contributed by atoms with E-state index in [1.54, 1.807) is 7.11 Å². The molecule has 1 unspecified atom stereocenters. The van der Waals surface area contributed by atoms with E-state index in [1.165, 1.54) is 37.7 Å². The van der Waals surface area contributed by atoms with Crippen molar-refractivity contribution >= 4 is 11.6 Å². The molecule has 1 aromatic rings. The number of nitrogens with one attached hydrogen (secondary N) is 1. The van der Waals surface area contributed by atoms with Crippen molar-refractivity contribution in [3.8, 4) is 5.75 Å². The van der Waals surface area contributed by atoms with Crippen LogP contribution in [0, 0.1) is 5.92 Å². The van der Waals surface area contributed by atoms with Gasteiger partial charge in [0.1, 0.15) is 5.75 Å². The molecule has 3 heteroatoms. The van der Waals surface area contributed by atoms with Crippen LogP contribution >= 0.6 is 11.6 Å². The molecule has 1 saturated carbocycles. The van der Waals surface area contributed by atoms with Crippen molar-refractivity contribution < 1.29 is 4.74 Å². The predicted octanol–water partition coefficient (Wildman–Crippen LogP) is 4.19. The lowest BCUT2D eigenvalue weighted by molar-refractivity contribution is 0.402. The average Bonchev–Trinajstić information content (AvgIpc) is 2.89. The Morgan fingerprint density at radius 1 is 1.39 bits per heavy atom. The van der Waals surface area contributed by atoms with E-state index in [0.29, 0.717) is 11.1 Å². The van der Waals surface area contributed by atoms with Crippen LogP contribution in [0.3, 0.4) is 0 Å². The minimum atomic E-state index is 0.402. The lowest BCUT2D eigenvalue weighted by Gasteiger charge is -2.21. The van der Waals surface area contributed by atoms with Gasteiger partial charge in [-0.2, -0.15) is 0 Å². The number of hydrogen-bond donors (Lipinski definition) is 1. The lowest BCUT2D eigenvalue weighted by atomic mass is 9.93. The highest BCUT2D eigenvalue weighted by Crippen LogP contribution is 2.35. The van der Waals surface area contributed by atoms with Crippen LogP contribution in [0.15, 0.2) is 18.2 Å². The summed E-state index contributed by atoms with van der Waals surface area (Å²) in [6.45, 7) is 0. The van der Waals surface area contributed by atoms with Crippen molar-refractivity contribution in [2.75, 3.05) is 14.2 Å². The maximum absolute atomic E-state index is 6.07. The van der Waals surface area contributed by atoms with E-state index < -0.39 is 0 Å². The highest BCUT2D eigenvalue weighted by Gasteiger charge is 2.20. The fourth-order valence-corrected chi connectivity index (χ4v) is 3.09. The number of benzene rings is 1. The van der Waals surface area contributed by atoms with Crippen LogP contribution in [0.1, 0.15) is 43.7 Å². The predicted molar refractivity (Wildman–Crippen MR) is 76.4 cm³/mol. The molecule has 0 spiro atoms. The summed E-state index contributed by atoms with van der Waals surface area (Å²) in [6.07, 6.45) is 6.75. The summed E-state index contributed by atoms with van der Waals surface area (Å²) in [5.74, 6) is 1.63. The van der Waals surface area contributed by atoms with Crippen LogP contribution in [-0.4, -0.2) is 14.2 Å². The maximum atomic E-state index is 6.07. The van der Waals surface area contributed by atoms with E-state index in [4.69, 9.17) is 16.3 Å². The summed E-state index contributed by atoms with van der Waals surface area (Å²) in [7, 11) is 3.69. The molecule has 0 aromatic heterocycles. The molecule has 1 fully saturated rings. The number of halogens is 1. The van der Waals surface area contributed by atoms with E-state index in [2.05, 4.69) is 17.4 Å². The van der Waals surface area contributed by atoms with Crippen LogP contribution in [-0.2, 0) is 0 Å². The molecular formula is C15H22ClNO. The molecule has 0 radical (unpaired) electrons. The van der Waals surface area contributed by atoms with Crippen LogP contribution in [0.25, 0.3) is 0 Å². The van der Waals surface area contributed by atoms with Gasteiger partial charge < -0.3 is 10.1 Å². The van der Waals surface area contributed by atoms with Crippen molar-refractivity contribution in [1.29, 1.82) is 0 Å². The Bertz CT molecular complexity index is 388. The maximum Gasteiger partial charge on any atom is 0.137 e. The van der Waals surface area contributed by atoms with Crippen LogP contribution in [0.5, 0.6) is 5.75 Å². The minimum Gasteiger partial charge on any atom is -0.495 e. The molecule has 0 aliphatic heterocycles. The summed E-state index contributed by atoms with van der Waals surface area (Å²) in [5, 5.41) is 4.10. The number of hydrogen-bond acceptors (Lipinski definition) is 2.